The molecule has 5 nitrogen and oxygen atoms in total. The molecule has 0 aliphatic rings. The zero-order valence-corrected chi connectivity index (χ0v) is 11.0. The maximum Gasteiger partial charge on any atom is 0.291 e. The molecule has 98 valence electrons. The Hall–Kier alpha value is -2.14. The van der Waals surface area contributed by atoms with Gasteiger partial charge in [-0.25, -0.2) is 0 Å². The van der Waals surface area contributed by atoms with Gasteiger partial charge in [-0.2, -0.15) is 5.10 Å². The third kappa shape index (κ3) is 3.66. The van der Waals surface area contributed by atoms with Crippen molar-refractivity contribution in [2.75, 3.05) is 5.32 Å². The van der Waals surface area contributed by atoms with Crippen LogP contribution in [0.15, 0.2) is 36.7 Å². The van der Waals surface area contributed by atoms with Crippen molar-refractivity contribution in [3.63, 3.8) is 0 Å². The van der Waals surface area contributed by atoms with Gasteiger partial charge in [-0.15, -0.1) is 0 Å². The predicted octanol–water partition coefficient (Wildman–Crippen LogP) is 2.11. The molecule has 0 saturated heterocycles. The second-order valence-corrected chi connectivity index (χ2v) is 4.50. The van der Waals surface area contributed by atoms with E-state index in [9.17, 15) is 9.59 Å². The van der Waals surface area contributed by atoms with Crippen LogP contribution >= 0.6 is 11.6 Å². The van der Waals surface area contributed by atoms with E-state index in [2.05, 4.69) is 10.4 Å². The molecule has 1 heterocycles. The molecule has 0 radical (unpaired) electrons. The monoisotopic (exact) mass is 277 g/mol. The van der Waals surface area contributed by atoms with Crippen molar-refractivity contribution in [3.05, 3.63) is 47.2 Å². The molecule has 0 atom stereocenters. The summed E-state index contributed by atoms with van der Waals surface area (Å²) in [6, 6.07) is 7.44. The number of nitrogens with zero attached hydrogens (tertiary/aromatic N) is 2. The Kier molecular flexibility index (Phi) is 3.97. The standard InChI is InChI=1S/C13H12ClN3O2/c1-9(18)13(19)16-12-6-15-17(8-12)7-10-3-2-4-11(14)5-10/h2-6,8H,7H2,1H3,(H,16,19). The zero-order valence-electron chi connectivity index (χ0n) is 10.3. The zero-order chi connectivity index (χ0) is 13.8. The number of rotatable bonds is 4. The number of halogens is 1. The Morgan fingerprint density at radius 3 is 2.89 bits per heavy atom. The summed E-state index contributed by atoms with van der Waals surface area (Å²) in [6.07, 6.45) is 3.15. The summed E-state index contributed by atoms with van der Waals surface area (Å²) in [7, 11) is 0. The molecule has 0 saturated carbocycles. The van der Waals surface area contributed by atoms with Gasteiger partial charge in [0, 0.05) is 18.1 Å². The lowest BCUT2D eigenvalue weighted by atomic mass is 10.2. The van der Waals surface area contributed by atoms with Crippen LogP contribution in [0.4, 0.5) is 5.69 Å². The minimum atomic E-state index is -0.651. The number of ketones is 1. The molecule has 1 N–H and O–H groups in total. The van der Waals surface area contributed by atoms with E-state index in [1.165, 1.54) is 13.1 Å². The van der Waals surface area contributed by atoms with Gasteiger partial charge < -0.3 is 5.32 Å². The lowest BCUT2D eigenvalue weighted by Crippen LogP contribution is -2.19. The van der Waals surface area contributed by atoms with Crippen LogP contribution in [0.3, 0.4) is 0 Å². The minimum absolute atomic E-state index is 0.488. The van der Waals surface area contributed by atoms with Crippen molar-refractivity contribution in [1.29, 1.82) is 0 Å². The fourth-order valence-electron chi connectivity index (χ4n) is 1.56. The van der Waals surface area contributed by atoms with Crippen LogP contribution < -0.4 is 5.32 Å². The highest BCUT2D eigenvalue weighted by Gasteiger charge is 2.09. The van der Waals surface area contributed by atoms with E-state index < -0.39 is 11.7 Å². The van der Waals surface area contributed by atoms with Gasteiger partial charge in [0.05, 0.1) is 18.4 Å². The number of hydrogen-bond donors (Lipinski definition) is 1. The van der Waals surface area contributed by atoms with Crippen molar-refractivity contribution < 1.29 is 9.59 Å². The molecule has 1 amide bonds. The van der Waals surface area contributed by atoms with E-state index >= 15 is 0 Å². The molecule has 0 fully saturated rings. The molecule has 19 heavy (non-hydrogen) atoms. The number of Topliss-reactive ketones (excluding diaryl/α,β-unsaturated/α-hetero) is 1. The molecule has 1 aromatic heterocycles. The highest BCUT2D eigenvalue weighted by Crippen LogP contribution is 2.13. The fraction of sp³-hybridized carbons (Fsp3) is 0.154. The number of carbonyl (C=O) groups excluding carboxylic acids is 2. The second-order valence-electron chi connectivity index (χ2n) is 4.07. The van der Waals surface area contributed by atoms with Crippen LogP contribution in [-0.2, 0) is 16.1 Å². The molecule has 0 spiro atoms. The smallest absolute Gasteiger partial charge is 0.291 e. The lowest BCUT2D eigenvalue weighted by Gasteiger charge is -2.02. The van der Waals surface area contributed by atoms with E-state index in [0.717, 1.165) is 5.56 Å². The third-order valence-electron chi connectivity index (χ3n) is 2.44. The number of carbonyl (C=O) groups is 2. The first-order chi connectivity index (χ1) is 9.04. The van der Waals surface area contributed by atoms with Crippen LogP contribution in [0.2, 0.25) is 5.02 Å². The highest BCUT2D eigenvalue weighted by atomic mass is 35.5. The highest BCUT2D eigenvalue weighted by molar-refractivity contribution is 6.39. The number of benzene rings is 1. The van der Waals surface area contributed by atoms with Gasteiger partial charge in [0.1, 0.15) is 0 Å². The Bertz CT molecular complexity index is 622. The molecule has 2 aromatic rings. The lowest BCUT2D eigenvalue weighted by molar-refractivity contribution is -0.133. The summed E-state index contributed by atoms with van der Waals surface area (Å²) in [5.41, 5.74) is 1.49. The normalized spacial score (nSPS) is 10.2. The topological polar surface area (TPSA) is 64.0 Å². The Morgan fingerprint density at radius 1 is 1.42 bits per heavy atom. The molecule has 6 heteroatoms. The van der Waals surface area contributed by atoms with Crippen molar-refractivity contribution in [3.8, 4) is 0 Å². The van der Waals surface area contributed by atoms with Gasteiger partial charge in [0.25, 0.3) is 5.91 Å². The third-order valence-corrected chi connectivity index (χ3v) is 2.68. The van der Waals surface area contributed by atoms with Gasteiger partial charge in [-0.1, -0.05) is 23.7 Å². The largest absolute Gasteiger partial charge is 0.317 e. The fourth-order valence-corrected chi connectivity index (χ4v) is 1.77. The molecule has 1 aromatic carbocycles. The van der Waals surface area contributed by atoms with E-state index in [-0.39, 0.29) is 0 Å². The van der Waals surface area contributed by atoms with E-state index in [4.69, 9.17) is 11.6 Å². The van der Waals surface area contributed by atoms with Crippen LogP contribution in [0.1, 0.15) is 12.5 Å². The second kappa shape index (κ2) is 5.67. The van der Waals surface area contributed by atoms with Gasteiger partial charge in [0.2, 0.25) is 5.78 Å². The summed E-state index contributed by atoms with van der Waals surface area (Å²) >= 11 is 5.90. The molecule has 0 bridgehead atoms. The quantitative estimate of drug-likeness (QED) is 0.871. The summed E-state index contributed by atoms with van der Waals surface area (Å²) in [6.45, 7) is 1.75. The first kappa shape index (κ1) is 13.3. The van der Waals surface area contributed by atoms with Crippen LogP contribution in [0.5, 0.6) is 0 Å². The van der Waals surface area contributed by atoms with E-state index in [1.54, 1.807) is 16.9 Å². The van der Waals surface area contributed by atoms with Gasteiger partial charge in [0.15, 0.2) is 0 Å². The first-order valence-corrected chi connectivity index (χ1v) is 6.01. The maximum absolute atomic E-state index is 11.2. The Balaban J connectivity index is 2.05. The van der Waals surface area contributed by atoms with Crippen molar-refractivity contribution in [2.24, 2.45) is 0 Å². The van der Waals surface area contributed by atoms with Crippen molar-refractivity contribution in [1.82, 2.24) is 9.78 Å². The van der Waals surface area contributed by atoms with Crippen LogP contribution in [0.25, 0.3) is 0 Å². The molecule has 0 unspecified atom stereocenters. The van der Waals surface area contributed by atoms with Crippen LogP contribution in [-0.4, -0.2) is 21.5 Å². The summed E-state index contributed by atoms with van der Waals surface area (Å²) < 4.78 is 1.65. The summed E-state index contributed by atoms with van der Waals surface area (Å²) in [5.74, 6) is -1.19. The number of hydrogen-bond acceptors (Lipinski definition) is 3. The molecular formula is C13H12ClN3O2. The molecule has 0 aliphatic heterocycles. The maximum atomic E-state index is 11.2. The molecule has 0 aliphatic carbocycles. The summed E-state index contributed by atoms with van der Waals surface area (Å²) in [5, 5.41) is 7.22. The number of amides is 1. The predicted molar refractivity (Wildman–Crippen MR) is 72.1 cm³/mol. The minimum Gasteiger partial charge on any atom is -0.317 e. The van der Waals surface area contributed by atoms with Gasteiger partial charge in [-0.3, -0.25) is 14.3 Å². The number of anilines is 1. The van der Waals surface area contributed by atoms with Crippen molar-refractivity contribution >= 4 is 29.0 Å². The SMILES string of the molecule is CC(=O)C(=O)Nc1cnn(Cc2cccc(Cl)c2)c1. The molecule has 2 rings (SSSR count). The Labute approximate surface area is 115 Å². The van der Waals surface area contributed by atoms with Crippen LogP contribution in [0, 0.1) is 0 Å². The molecular weight excluding hydrogens is 266 g/mol. The van der Waals surface area contributed by atoms with Crippen molar-refractivity contribution in [2.45, 2.75) is 13.5 Å². The summed E-state index contributed by atoms with van der Waals surface area (Å²) in [4.78, 5) is 22.0. The Morgan fingerprint density at radius 2 is 2.21 bits per heavy atom. The average Bonchev–Trinajstić information content (AvgIpc) is 2.76. The number of aromatic nitrogens is 2. The van der Waals surface area contributed by atoms with Gasteiger partial charge >= 0.3 is 0 Å². The van der Waals surface area contributed by atoms with Gasteiger partial charge in [-0.05, 0) is 17.7 Å². The van der Waals surface area contributed by atoms with E-state index in [0.29, 0.717) is 17.3 Å². The van der Waals surface area contributed by atoms with E-state index in [1.807, 2.05) is 18.2 Å². The number of nitrogens with one attached hydrogen (secondary N) is 1. The first-order valence-electron chi connectivity index (χ1n) is 5.63. The average molecular weight is 278 g/mol.